The first-order chi connectivity index (χ1) is 16.5. The molecule has 0 saturated carbocycles. The predicted molar refractivity (Wildman–Crippen MR) is 132 cm³/mol. The third kappa shape index (κ3) is 4.36. The van der Waals surface area contributed by atoms with E-state index in [4.69, 9.17) is 4.74 Å². The molecule has 0 radical (unpaired) electrons. The molecule has 0 spiro atoms. The Hall–Kier alpha value is -4.53. The molecule has 0 amide bonds. The Morgan fingerprint density at radius 1 is 1.09 bits per heavy atom. The second kappa shape index (κ2) is 8.78. The number of aromatic amines is 2. The third-order valence-electron chi connectivity index (χ3n) is 5.63. The Balaban J connectivity index is 1.33. The van der Waals surface area contributed by atoms with Crippen molar-refractivity contribution >= 4 is 45.2 Å². The number of ether oxygens (including phenoxy) is 1. The predicted octanol–water partition coefficient (Wildman–Crippen LogP) is 4.85. The highest BCUT2D eigenvalue weighted by molar-refractivity contribution is 5.88. The SMILES string of the molecule is COc1ccc2[nH]cc(CCNc3nc(Nc4ccc5[nH]c(C)cc5c4)cc(C(=O)O)n3)c2c1. The first kappa shape index (κ1) is 21.3. The van der Waals surface area contributed by atoms with Gasteiger partial charge in [0.05, 0.1) is 7.11 Å². The van der Waals surface area contributed by atoms with Crippen LogP contribution in [0.1, 0.15) is 21.7 Å². The lowest BCUT2D eigenvalue weighted by Gasteiger charge is -2.10. The van der Waals surface area contributed by atoms with Crippen molar-refractivity contribution in [2.75, 3.05) is 24.3 Å². The fourth-order valence-electron chi connectivity index (χ4n) is 4.00. The molecule has 0 aliphatic carbocycles. The Bertz CT molecular complexity index is 1500. The summed E-state index contributed by atoms with van der Waals surface area (Å²) in [5.74, 6) is 0.327. The lowest BCUT2D eigenvalue weighted by Crippen LogP contribution is -2.12. The Labute approximate surface area is 195 Å². The topological polar surface area (TPSA) is 128 Å². The van der Waals surface area contributed by atoms with E-state index in [-0.39, 0.29) is 11.6 Å². The van der Waals surface area contributed by atoms with Crippen LogP contribution in [0.5, 0.6) is 5.75 Å². The monoisotopic (exact) mass is 456 g/mol. The summed E-state index contributed by atoms with van der Waals surface area (Å²) in [6, 6.07) is 15.2. The maximum absolute atomic E-state index is 11.6. The van der Waals surface area contributed by atoms with Crippen molar-refractivity contribution in [3.8, 4) is 5.75 Å². The van der Waals surface area contributed by atoms with Crippen molar-refractivity contribution in [1.29, 1.82) is 0 Å². The normalized spacial score (nSPS) is 11.1. The highest BCUT2D eigenvalue weighted by Gasteiger charge is 2.12. The Kier molecular flexibility index (Phi) is 5.51. The van der Waals surface area contributed by atoms with Crippen LogP contribution in [0.25, 0.3) is 21.8 Å². The Morgan fingerprint density at radius 2 is 1.94 bits per heavy atom. The molecule has 0 unspecified atom stereocenters. The minimum absolute atomic E-state index is 0.0876. The number of aryl methyl sites for hydroxylation is 1. The summed E-state index contributed by atoms with van der Waals surface area (Å²) in [6.07, 6.45) is 2.66. The van der Waals surface area contributed by atoms with Crippen molar-refractivity contribution in [1.82, 2.24) is 19.9 Å². The van der Waals surface area contributed by atoms with Gasteiger partial charge < -0.3 is 30.4 Å². The molecule has 0 aliphatic heterocycles. The molecule has 9 nitrogen and oxygen atoms in total. The van der Waals surface area contributed by atoms with Crippen LogP contribution in [-0.4, -0.2) is 44.7 Å². The van der Waals surface area contributed by atoms with E-state index in [0.717, 1.165) is 44.5 Å². The van der Waals surface area contributed by atoms with Crippen molar-refractivity contribution < 1.29 is 14.6 Å². The van der Waals surface area contributed by atoms with E-state index in [2.05, 4.69) is 36.6 Å². The summed E-state index contributed by atoms with van der Waals surface area (Å²) in [7, 11) is 1.64. The second-order valence-corrected chi connectivity index (χ2v) is 8.05. The molecule has 5 N–H and O–H groups in total. The standard InChI is InChI=1S/C25H24N6O3/c1-14-9-16-10-17(3-5-20(16)28-14)29-23-12-22(24(32)33)30-25(31-23)26-8-7-15-13-27-21-6-4-18(34-2)11-19(15)21/h3-6,9-13,27-28H,7-8H2,1-2H3,(H,32,33)(H2,26,29,30,31). The lowest BCUT2D eigenvalue weighted by atomic mass is 10.1. The minimum atomic E-state index is -1.12. The number of aromatic nitrogens is 4. The molecule has 0 aliphatic rings. The summed E-state index contributed by atoms with van der Waals surface area (Å²) in [4.78, 5) is 26.8. The number of aromatic carboxylic acids is 1. The fourth-order valence-corrected chi connectivity index (χ4v) is 4.00. The quantitative estimate of drug-likeness (QED) is 0.226. The fraction of sp³-hybridized carbons (Fsp3) is 0.160. The number of anilines is 3. The molecule has 0 bridgehead atoms. The summed E-state index contributed by atoms with van der Waals surface area (Å²) >= 11 is 0. The number of benzene rings is 2. The summed E-state index contributed by atoms with van der Waals surface area (Å²) in [5, 5.41) is 18.0. The maximum Gasteiger partial charge on any atom is 0.354 e. The summed E-state index contributed by atoms with van der Waals surface area (Å²) in [6.45, 7) is 2.53. The number of rotatable bonds is 8. The number of carbonyl (C=O) groups is 1. The van der Waals surface area contributed by atoms with Crippen molar-refractivity contribution in [3.63, 3.8) is 0 Å². The van der Waals surface area contributed by atoms with Crippen molar-refractivity contribution in [3.05, 3.63) is 71.7 Å². The van der Waals surface area contributed by atoms with E-state index in [1.807, 2.05) is 49.5 Å². The molecule has 0 fully saturated rings. The van der Waals surface area contributed by atoms with Crippen LogP contribution in [0.3, 0.4) is 0 Å². The Morgan fingerprint density at radius 3 is 2.76 bits per heavy atom. The minimum Gasteiger partial charge on any atom is -0.497 e. The van der Waals surface area contributed by atoms with Gasteiger partial charge in [0.25, 0.3) is 0 Å². The highest BCUT2D eigenvalue weighted by atomic mass is 16.5. The molecule has 9 heteroatoms. The molecule has 0 saturated heterocycles. The van der Waals surface area contributed by atoms with Gasteiger partial charge in [0, 0.05) is 52.0 Å². The number of nitrogens with zero attached hydrogens (tertiary/aromatic N) is 2. The number of hydrogen-bond donors (Lipinski definition) is 5. The number of methoxy groups -OCH3 is 1. The average Bonchev–Trinajstić information content (AvgIpc) is 3.40. The molecule has 5 rings (SSSR count). The number of hydrogen-bond acceptors (Lipinski definition) is 6. The molecule has 34 heavy (non-hydrogen) atoms. The summed E-state index contributed by atoms with van der Waals surface area (Å²) < 4.78 is 5.33. The van der Waals surface area contributed by atoms with E-state index in [1.165, 1.54) is 6.07 Å². The molecule has 3 heterocycles. The molecular formula is C25H24N6O3. The average molecular weight is 457 g/mol. The van der Waals surface area contributed by atoms with Crippen LogP contribution in [0.15, 0.2) is 54.7 Å². The molecular weight excluding hydrogens is 432 g/mol. The number of carboxylic acid groups (broad SMARTS) is 1. The number of H-pyrrole nitrogens is 2. The van der Waals surface area contributed by atoms with Gasteiger partial charge in [-0.25, -0.2) is 9.78 Å². The van der Waals surface area contributed by atoms with Crippen LogP contribution >= 0.6 is 0 Å². The van der Waals surface area contributed by atoms with Crippen LogP contribution in [0.4, 0.5) is 17.5 Å². The zero-order chi connectivity index (χ0) is 23.7. The van der Waals surface area contributed by atoms with Gasteiger partial charge in [0.1, 0.15) is 11.6 Å². The van der Waals surface area contributed by atoms with E-state index in [1.54, 1.807) is 7.11 Å². The van der Waals surface area contributed by atoms with Gasteiger partial charge in [-0.1, -0.05) is 0 Å². The van der Waals surface area contributed by atoms with E-state index < -0.39 is 5.97 Å². The van der Waals surface area contributed by atoms with Gasteiger partial charge >= 0.3 is 5.97 Å². The van der Waals surface area contributed by atoms with Crippen LogP contribution in [0, 0.1) is 6.92 Å². The van der Waals surface area contributed by atoms with Gasteiger partial charge in [0.15, 0.2) is 5.69 Å². The van der Waals surface area contributed by atoms with E-state index >= 15 is 0 Å². The van der Waals surface area contributed by atoms with Gasteiger partial charge in [-0.2, -0.15) is 4.98 Å². The van der Waals surface area contributed by atoms with Gasteiger partial charge in [-0.3, -0.25) is 0 Å². The third-order valence-corrected chi connectivity index (χ3v) is 5.63. The van der Waals surface area contributed by atoms with Crippen LogP contribution in [-0.2, 0) is 6.42 Å². The van der Waals surface area contributed by atoms with Crippen molar-refractivity contribution in [2.24, 2.45) is 0 Å². The summed E-state index contributed by atoms with van der Waals surface area (Å²) in [5.41, 5.74) is 4.97. The number of nitrogens with one attached hydrogen (secondary N) is 4. The molecule has 0 atom stereocenters. The molecule has 5 aromatic rings. The van der Waals surface area contributed by atoms with E-state index in [0.29, 0.717) is 18.8 Å². The molecule has 172 valence electrons. The molecule has 2 aromatic carbocycles. The largest absolute Gasteiger partial charge is 0.497 e. The molecule has 3 aromatic heterocycles. The van der Waals surface area contributed by atoms with Crippen molar-refractivity contribution in [2.45, 2.75) is 13.3 Å². The number of fused-ring (bicyclic) bond motifs is 2. The second-order valence-electron chi connectivity index (χ2n) is 8.05. The smallest absolute Gasteiger partial charge is 0.354 e. The zero-order valence-corrected chi connectivity index (χ0v) is 18.8. The van der Waals surface area contributed by atoms with Gasteiger partial charge in [-0.15, -0.1) is 0 Å². The van der Waals surface area contributed by atoms with E-state index in [9.17, 15) is 9.90 Å². The van der Waals surface area contributed by atoms with Gasteiger partial charge in [0.2, 0.25) is 5.95 Å². The first-order valence-corrected chi connectivity index (χ1v) is 10.8. The van der Waals surface area contributed by atoms with Gasteiger partial charge in [-0.05, 0) is 61.4 Å². The van der Waals surface area contributed by atoms with Crippen LogP contribution in [0.2, 0.25) is 0 Å². The zero-order valence-electron chi connectivity index (χ0n) is 18.8. The number of carboxylic acids is 1. The van der Waals surface area contributed by atoms with Crippen LogP contribution < -0.4 is 15.4 Å². The highest BCUT2D eigenvalue weighted by Crippen LogP contribution is 2.25. The maximum atomic E-state index is 11.6. The first-order valence-electron chi connectivity index (χ1n) is 10.8. The lowest BCUT2D eigenvalue weighted by molar-refractivity contribution is 0.0690.